The molecule has 0 spiro atoms. The molecule has 0 aromatic carbocycles. The Morgan fingerprint density at radius 3 is 2.86 bits per heavy atom. The van der Waals surface area contributed by atoms with E-state index in [1.54, 1.807) is 0 Å². The summed E-state index contributed by atoms with van der Waals surface area (Å²) in [7, 11) is 3.85. The largest absolute Gasteiger partial charge is 0.474 e. The first-order valence-electron chi connectivity index (χ1n) is 4.18. The van der Waals surface area contributed by atoms with Gasteiger partial charge >= 0.3 is 0 Å². The molecule has 0 aliphatic carbocycles. The third-order valence-electron chi connectivity index (χ3n) is 1.55. The lowest BCUT2D eigenvalue weighted by atomic mass is 10.4. The van der Waals surface area contributed by atoms with Crippen LogP contribution in [0.15, 0.2) is 16.7 Å². The number of aromatic nitrogens is 1. The molecule has 0 fully saturated rings. The average molecular weight is 263 g/mol. The van der Waals surface area contributed by atoms with Crippen LogP contribution in [-0.2, 0) is 0 Å². The minimum atomic E-state index is -0.446. The van der Waals surface area contributed by atoms with Gasteiger partial charge in [0.15, 0.2) is 5.82 Å². The van der Waals surface area contributed by atoms with Crippen LogP contribution < -0.4 is 4.74 Å². The molecule has 0 atom stereocenters. The number of likely N-dealkylation sites (N-methyl/N-ethyl adjacent to an activating group) is 1. The van der Waals surface area contributed by atoms with Crippen LogP contribution in [0.25, 0.3) is 0 Å². The van der Waals surface area contributed by atoms with Crippen molar-refractivity contribution in [2.75, 3.05) is 27.2 Å². The highest BCUT2D eigenvalue weighted by Crippen LogP contribution is 2.17. The third kappa shape index (κ3) is 3.59. The van der Waals surface area contributed by atoms with Crippen molar-refractivity contribution in [3.8, 4) is 5.88 Å². The molecule has 0 bridgehead atoms. The summed E-state index contributed by atoms with van der Waals surface area (Å²) in [5, 5.41) is 0. The molecule has 1 aromatic rings. The number of ether oxygens (including phenoxy) is 1. The molecule has 3 nitrogen and oxygen atoms in total. The van der Waals surface area contributed by atoms with Crippen molar-refractivity contribution < 1.29 is 9.13 Å². The van der Waals surface area contributed by atoms with E-state index in [9.17, 15) is 4.39 Å². The van der Waals surface area contributed by atoms with Gasteiger partial charge in [-0.1, -0.05) is 0 Å². The van der Waals surface area contributed by atoms with Crippen molar-refractivity contribution in [3.63, 3.8) is 0 Å². The number of pyridine rings is 1. The number of nitrogens with zero attached hydrogens (tertiary/aromatic N) is 2. The number of rotatable bonds is 4. The molecule has 1 heterocycles. The van der Waals surface area contributed by atoms with E-state index in [-0.39, 0.29) is 5.88 Å². The maximum atomic E-state index is 13.1. The fraction of sp³-hybridized carbons (Fsp3) is 0.444. The standard InChI is InChI=1S/C9H12BrFN2O/c1-13(2)3-4-14-9-8(11)5-7(10)6-12-9/h5-6H,3-4H2,1-2H3. The van der Waals surface area contributed by atoms with Gasteiger partial charge in [0, 0.05) is 17.2 Å². The highest BCUT2D eigenvalue weighted by molar-refractivity contribution is 9.10. The Morgan fingerprint density at radius 2 is 2.29 bits per heavy atom. The van der Waals surface area contributed by atoms with Gasteiger partial charge in [-0.15, -0.1) is 0 Å². The predicted octanol–water partition coefficient (Wildman–Crippen LogP) is 1.92. The van der Waals surface area contributed by atoms with Gasteiger partial charge in [-0.2, -0.15) is 0 Å². The van der Waals surface area contributed by atoms with E-state index in [2.05, 4.69) is 20.9 Å². The molecule has 1 aromatic heterocycles. The molecule has 0 saturated carbocycles. The molecule has 0 saturated heterocycles. The van der Waals surface area contributed by atoms with Crippen molar-refractivity contribution in [1.29, 1.82) is 0 Å². The molecule has 0 N–H and O–H groups in total. The van der Waals surface area contributed by atoms with Crippen LogP contribution in [0.5, 0.6) is 5.88 Å². The second kappa shape index (κ2) is 5.26. The summed E-state index contributed by atoms with van der Waals surface area (Å²) in [4.78, 5) is 5.77. The molecule has 78 valence electrons. The van der Waals surface area contributed by atoms with Crippen LogP contribution in [-0.4, -0.2) is 37.1 Å². The maximum absolute atomic E-state index is 13.1. The Balaban J connectivity index is 2.51. The Kier molecular flexibility index (Phi) is 4.28. The maximum Gasteiger partial charge on any atom is 0.250 e. The zero-order chi connectivity index (χ0) is 10.6. The molecule has 0 aliphatic rings. The summed E-state index contributed by atoms with van der Waals surface area (Å²) < 4.78 is 18.9. The highest BCUT2D eigenvalue weighted by Gasteiger charge is 2.05. The van der Waals surface area contributed by atoms with E-state index in [0.29, 0.717) is 11.1 Å². The monoisotopic (exact) mass is 262 g/mol. The lowest BCUT2D eigenvalue weighted by Gasteiger charge is -2.10. The van der Waals surface area contributed by atoms with Crippen LogP contribution in [0.1, 0.15) is 0 Å². The van der Waals surface area contributed by atoms with E-state index in [1.807, 2.05) is 19.0 Å². The first kappa shape index (κ1) is 11.4. The topological polar surface area (TPSA) is 25.4 Å². The number of hydrogen-bond donors (Lipinski definition) is 0. The van der Waals surface area contributed by atoms with Crippen molar-refractivity contribution in [2.24, 2.45) is 0 Å². The first-order valence-corrected chi connectivity index (χ1v) is 4.97. The summed E-state index contributed by atoms with van der Waals surface area (Å²) in [6.45, 7) is 1.16. The predicted molar refractivity (Wildman–Crippen MR) is 55.9 cm³/mol. The summed E-state index contributed by atoms with van der Waals surface area (Å²) in [5.41, 5.74) is 0. The molecular formula is C9H12BrFN2O. The lowest BCUT2D eigenvalue weighted by Crippen LogP contribution is -2.20. The first-order chi connectivity index (χ1) is 6.59. The van der Waals surface area contributed by atoms with Crippen molar-refractivity contribution >= 4 is 15.9 Å². The summed E-state index contributed by atoms with van der Waals surface area (Å²) in [5.74, 6) is -0.395. The fourth-order valence-corrected chi connectivity index (χ4v) is 1.14. The zero-order valence-electron chi connectivity index (χ0n) is 8.13. The Bertz CT molecular complexity index is 307. The molecule has 5 heteroatoms. The minimum absolute atomic E-state index is 0.0510. The van der Waals surface area contributed by atoms with E-state index in [1.165, 1.54) is 12.3 Å². The van der Waals surface area contributed by atoms with Gasteiger partial charge in [-0.25, -0.2) is 9.37 Å². The molecule has 0 aliphatic heterocycles. The van der Waals surface area contributed by atoms with E-state index in [4.69, 9.17) is 4.74 Å². The van der Waals surface area contributed by atoms with Gasteiger partial charge in [0.1, 0.15) is 6.61 Å². The number of halogens is 2. The SMILES string of the molecule is CN(C)CCOc1ncc(Br)cc1F. The van der Waals surface area contributed by atoms with Crippen molar-refractivity contribution in [3.05, 3.63) is 22.6 Å². The quantitative estimate of drug-likeness (QED) is 0.829. The second-order valence-electron chi connectivity index (χ2n) is 3.09. The molecule has 0 amide bonds. The van der Waals surface area contributed by atoms with Crippen LogP contribution in [0.3, 0.4) is 0 Å². The van der Waals surface area contributed by atoms with Gasteiger partial charge in [-0.3, -0.25) is 0 Å². The van der Waals surface area contributed by atoms with Gasteiger partial charge in [0.25, 0.3) is 0 Å². The average Bonchev–Trinajstić information content (AvgIpc) is 2.08. The molecule has 1 rings (SSSR count). The van der Waals surface area contributed by atoms with Crippen molar-refractivity contribution in [1.82, 2.24) is 9.88 Å². The smallest absolute Gasteiger partial charge is 0.250 e. The van der Waals surface area contributed by atoms with Crippen LogP contribution >= 0.6 is 15.9 Å². The summed E-state index contributed by atoms with van der Waals surface area (Å²) in [6.07, 6.45) is 1.51. The van der Waals surface area contributed by atoms with Crippen LogP contribution in [0.4, 0.5) is 4.39 Å². The van der Waals surface area contributed by atoms with E-state index < -0.39 is 5.82 Å². The van der Waals surface area contributed by atoms with Crippen molar-refractivity contribution in [2.45, 2.75) is 0 Å². The van der Waals surface area contributed by atoms with E-state index >= 15 is 0 Å². The summed E-state index contributed by atoms with van der Waals surface area (Å²) in [6, 6.07) is 1.33. The van der Waals surface area contributed by atoms with Crippen LogP contribution in [0, 0.1) is 5.82 Å². The second-order valence-corrected chi connectivity index (χ2v) is 4.01. The molecule has 0 radical (unpaired) electrons. The molecule has 0 unspecified atom stereocenters. The zero-order valence-corrected chi connectivity index (χ0v) is 9.71. The normalized spacial score (nSPS) is 10.6. The van der Waals surface area contributed by atoms with Gasteiger partial charge in [-0.05, 0) is 36.1 Å². The van der Waals surface area contributed by atoms with Crippen LogP contribution in [0.2, 0.25) is 0 Å². The Morgan fingerprint density at radius 1 is 1.57 bits per heavy atom. The number of hydrogen-bond acceptors (Lipinski definition) is 3. The highest BCUT2D eigenvalue weighted by atomic mass is 79.9. The van der Waals surface area contributed by atoms with Gasteiger partial charge in [0.2, 0.25) is 5.88 Å². The minimum Gasteiger partial charge on any atom is -0.474 e. The fourth-order valence-electron chi connectivity index (χ4n) is 0.833. The van der Waals surface area contributed by atoms with Gasteiger partial charge < -0.3 is 9.64 Å². The Hall–Kier alpha value is -0.680. The van der Waals surface area contributed by atoms with E-state index in [0.717, 1.165) is 6.54 Å². The lowest BCUT2D eigenvalue weighted by molar-refractivity contribution is 0.244. The molecule has 14 heavy (non-hydrogen) atoms. The Labute approximate surface area is 91.0 Å². The summed E-state index contributed by atoms with van der Waals surface area (Å²) >= 11 is 3.12. The molecular weight excluding hydrogens is 251 g/mol. The van der Waals surface area contributed by atoms with Gasteiger partial charge in [0.05, 0.1) is 0 Å². The third-order valence-corrected chi connectivity index (χ3v) is 1.99.